The SMILES string of the molecule is c1ccc2c(c1)ccc1c3nccc(N(c4ccc5c(c4)oc4ccccc45)c4ccc5c(c4)oc4ccccc45)c3oc21. The molecule has 4 heterocycles. The number of rotatable bonds is 3. The molecule has 206 valence electrons. The van der Waals surface area contributed by atoms with Gasteiger partial charge in [0.2, 0.25) is 0 Å². The van der Waals surface area contributed by atoms with Gasteiger partial charge in [0.15, 0.2) is 5.58 Å². The fourth-order valence-corrected chi connectivity index (χ4v) is 6.68. The number of pyridine rings is 1. The number of furan rings is 3. The minimum absolute atomic E-state index is 0.716. The predicted molar refractivity (Wildman–Crippen MR) is 178 cm³/mol. The number of fused-ring (bicyclic) bond motifs is 11. The highest BCUT2D eigenvalue weighted by Gasteiger charge is 2.23. The molecule has 6 aromatic carbocycles. The first kappa shape index (κ1) is 23.5. The van der Waals surface area contributed by atoms with E-state index in [1.54, 1.807) is 0 Å². The number of aromatic nitrogens is 1. The molecule has 0 N–H and O–H groups in total. The molecule has 0 amide bonds. The van der Waals surface area contributed by atoms with Crippen molar-refractivity contribution in [3.05, 3.63) is 134 Å². The van der Waals surface area contributed by atoms with Crippen LogP contribution in [0.2, 0.25) is 0 Å². The largest absolute Gasteiger partial charge is 0.456 e. The van der Waals surface area contributed by atoms with Crippen molar-refractivity contribution >= 4 is 93.8 Å². The van der Waals surface area contributed by atoms with Gasteiger partial charge in [-0.2, -0.15) is 0 Å². The van der Waals surface area contributed by atoms with Gasteiger partial charge in [0.1, 0.15) is 33.4 Å². The normalized spacial score (nSPS) is 12.1. The van der Waals surface area contributed by atoms with Crippen molar-refractivity contribution in [1.29, 1.82) is 0 Å². The lowest BCUT2D eigenvalue weighted by Crippen LogP contribution is -2.10. The summed E-state index contributed by atoms with van der Waals surface area (Å²) in [5.74, 6) is 0. The van der Waals surface area contributed by atoms with E-state index < -0.39 is 0 Å². The van der Waals surface area contributed by atoms with Gasteiger partial charge in [0.05, 0.1) is 17.1 Å². The molecule has 10 aromatic rings. The second-order valence-corrected chi connectivity index (χ2v) is 11.2. The van der Waals surface area contributed by atoms with E-state index in [1.165, 1.54) is 0 Å². The second kappa shape index (κ2) is 8.72. The van der Waals surface area contributed by atoms with Crippen LogP contribution in [-0.4, -0.2) is 4.98 Å². The molecule has 0 spiro atoms. The number of hydrogen-bond donors (Lipinski definition) is 0. The van der Waals surface area contributed by atoms with Gasteiger partial charge in [0.25, 0.3) is 0 Å². The first-order valence-corrected chi connectivity index (χ1v) is 14.6. The molecule has 44 heavy (non-hydrogen) atoms. The van der Waals surface area contributed by atoms with Gasteiger partial charge < -0.3 is 18.2 Å². The molecule has 5 heteroatoms. The van der Waals surface area contributed by atoms with Crippen LogP contribution in [0.4, 0.5) is 17.1 Å². The summed E-state index contributed by atoms with van der Waals surface area (Å²) in [5, 5.41) is 7.52. The minimum atomic E-state index is 0.716. The lowest BCUT2D eigenvalue weighted by Gasteiger charge is -2.25. The molecule has 4 aromatic heterocycles. The number of benzene rings is 6. The van der Waals surface area contributed by atoms with Gasteiger partial charge in [-0.15, -0.1) is 0 Å². The van der Waals surface area contributed by atoms with Crippen LogP contribution in [-0.2, 0) is 0 Å². The van der Waals surface area contributed by atoms with Crippen molar-refractivity contribution in [2.45, 2.75) is 0 Å². The van der Waals surface area contributed by atoms with E-state index in [4.69, 9.17) is 18.2 Å². The highest BCUT2D eigenvalue weighted by Crippen LogP contribution is 2.45. The fraction of sp³-hybridized carbons (Fsp3) is 0. The van der Waals surface area contributed by atoms with Crippen molar-refractivity contribution in [3.63, 3.8) is 0 Å². The van der Waals surface area contributed by atoms with Gasteiger partial charge in [0, 0.05) is 50.6 Å². The third-order valence-corrected chi connectivity index (χ3v) is 8.70. The topological polar surface area (TPSA) is 55.6 Å². The van der Waals surface area contributed by atoms with Crippen molar-refractivity contribution in [2.24, 2.45) is 0 Å². The number of anilines is 3. The molecule has 0 aliphatic carbocycles. The van der Waals surface area contributed by atoms with Crippen molar-refractivity contribution in [2.75, 3.05) is 4.90 Å². The van der Waals surface area contributed by atoms with Gasteiger partial charge >= 0.3 is 0 Å². The Bertz CT molecular complexity index is 2630. The number of hydrogen-bond acceptors (Lipinski definition) is 5. The smallest absolute Gasteiger partial charge is 0.177 e. The molecular weight excluding hydrogens is 544 g/mol. The Morgan fingerprint density at radius 1 is 0.432 bits per heavy atom. The molecule has 0 saturated carbocycles. The Kier molecular flexibility index (Phi) is 4.66. The van der Waals surface area contributed by atoms with Crippen LogP contribution >= 0.6 is 0 Å². The fourth-order valence-electron chi connectivity index (χ4n) is 6.68. The van der Waals surface area contributed by atoms with E-state index in [-0.39, 0.29) is 0 Å². The molecule has 5 nitrogen and oxygen atoms in total. The van der Waals surface area contributed by atoms with Crippen LogP contribution in [0.1, 0.15) is 0 Å². The van der Waals surface area contributed by atoms with Gasteiger partial charge in [-0.05, 0) is 53.9 Å². The Morgan fingerprint density at radius 3 is 1.68 bits per heavy atom. The van der Waals surface area contributed by atoms with E-state index in [9.17, 15) is 0 Å². The molecule has 0 saturated heterocycles. The molecule has 0 aliphatic rings. The molecule has 0 atom stereocenters. The molecule has 0 unspecified atom stereocenters. The Morgan fingerprint density at radius 2 is 1.00 bits per heavy atom. The average Bonchev–Trinajstić information content (AvgIpc) is 3.76. The molecule has 0 fully saturated rings. The van der Waals surface area contributed by atoms with Crippen LogP contribution in [0.3, 0.4) is 0 Å². The third kappa shape index (κ3) is 3.26. The quantitative estimate of drug-likeness (QED) is 0.213. The summed E-state index contributed by atoms with van der Waals surface area (Å²) in [6.07, 6.45) is 1.86. The highest BCUT2D eigenvalue weighted by molar-refractivity contribution is 6.16. The summed E-state index contributed by atoms with van der Waals surface area (Å²) in [5.41, 5.74) is 8.49. The average molecular weight is 567 g/mol. The Labute approximate surface area is 250 Å². The third-order valence-electron chi connectivity index (χ3n) is 8.70. The Balaban J connectivity index is 1.27. The number of nitrogens with zero attached hydrogens (tertiary/aromatic N) is 2. The summed E-state index contributed by atoms with van der Waals surface area (Å²) < 4.78 is 19.4. The van der Waals surface area contributed by atoms with E-state index in [1.807, 2.05) is 60.8 Å². The molecule has 0 bridgehead atoms. The van der Waals surface area contributed by atoms with Crippen molar-refractivity contribution in [1.82, 2.24) is 4.98 Å². The highest BCUT2D eigenvalue weighted by atomic mass is 16.3. The van der Waals surface area contributed by atoms with E-state index in [2.05, 4.69) is 77.7 Å². The zero-order chi connectivity index (χ0) is 28.8. The van der Waals surface area contributed by atoms with E-state index >= 15 is 0 Å². The van der Waals surface area contributed by atoms with Crippen LogP contribution < -0.4 is 4.90 Å². The van der Waals surface area contributed by atoms with Crippen molar-refractivity contribution < 1.29 is 13.3 Å². The second-order valence-electron chi connectivity index (χ2n) is 11.2. The van der Waals surface area contributed by atoms with E-state index in [0.29, 0.717) is 5.58 Å². The van der Waals surface area contributed by atoms with Crippen LogP contribution in [0.15, 0.2) is 147 Å². The standard InChI is InChI=1S/C39H22N2O3/c1-2-8-26-23(7-1)13-16-31-37-39(44-38(26)31)32(19-20-40-37)41(24-14-17-29-27-9-3-5-11-33(27)42-35(29)21-24)25-15-18-30-28-10-4-6-12-34(28)43-36(30)22-25/h1-22H. The Hall–Kier alpha value is -6.07. The maximum absolute atomic E-state index is 6.74. The summed E-state index contributed by atoms with van der Waals surface area (Å²) in [7, 11) is 0. The van der Waals surface area contributed by atoms with Gasteiger partial charge in [-0.1, -0.05) is 66.7 Å². The van der Waals surface area contributed by atoms with Crippen molar-refractivity contribution in [3.8, 4) is 0 Å². The molecule has 0 radical (unpaired) electrons. The molecular formula is C39H22N2O3. The van der Waals surface area contributed by atoms with Gasteiger partial charge in [-0.25, -0.2) is 0 Å². The lowest BCUT2D eigenvalue weighted by atomic mass is 10.1. The maximum atomic E-state index is 6.74. The zero-order valence-corrected chi connectivity index (χ0v) is 23.3. The lowest BCUT2D eigenvalue weighted by molar-refractivity contribution is 0.668. The predicted octanol–water partition coefficient (Wildman–Crippen LogP) is 11.4. The van der Waals surface area contributed by atoms with Crippen LogP contribution in [0.25, 0.3) is 76.7 Å². The van der Waals surface area contributed by atoms with E-state index in [0.717, 1.165) is 88.2 Å². The summed E-state index contributed by atoms with van der Waals surface area (Å²) in [6.45, 7) is 0. The number of para-hydroxylation sites is 2. The summed E-state index contributed by atoms with van der Waals surface area (Å²) in [6, 6.07) is 43.6. The van der Waals surface area contributed by atoms with Crippen LogP contribution in [0.5, 0.6) is 0 Å². The molecule has 0 aliphatic heterocycles. The van der Waals surface area contributed by atoms with Gasteiger partial charge in [-0.3, -0.25) is 4.98 Å². The van der Waals surface area contributed by atoms with Crippen LogP contribution in [0, 0.1) is 0 Å². The minimum Gasteiger partial charge on any atom is -0.456 e. The summed E-state index contributed by atoms with van der Waals surface area (Å²) >= 11 is 0. The molecule has 10 rings (SSSR count). The first-order valence-electron chi connectivity index (χ1n) is 14.6. The monoisotopic (exact) mass is 566 g/mol. The maximum Gasteiger partial charge on any atom is 0.177 e. The first-order chi connectivity index (χ1) is 21.8. The zero-order valence-electron chi connectivity index (χ0n) is 23.3. The summed E-state index contributed by atoms with van der Waals surface area (Å²) in [4.78, 5) is 7.01.